The average molecular weight is 410 g/mol. The number of nitro groups is 1. The van der Waals surface area contributed by atoms with Gasteiger partial charge in [-0.1, -0.05) is 66.2 Å². The van der Waals surface area contributed by atoms with Crippen LogP contribution < -0.4 is 5.32 Å². The van der Waals surface area contributed by atoms with Gasteiger partial charge in [-0.15, -0.1) is 0 Å². The summed E-state index contributed by atoms with van der Waals surface area (Å²) >= 11 is 0. The molecule has 31 heavy (non-hydrogen) atoms. The number of aryl methyl sites for hydroxylation is 1. The predicted octanol–water partition coefficient (Wildman–Crippen LogP) is 6.48. The smallest absolute Gasteiger partial charge is 0.269 e. The Morgan fingerprint density at radius 1 is 0.903 bits per heavy atom. The highest BCUT2D eigenvalue weighted by atomic mass is 16.6. The van der Waals surface area contributed by atoms with E-state index in [9.17, 15) is 14.9 Å². The molecule has 0 aliphatic heterocycles. The van der Waals surface area contributed by atoms with E-state index in [1.54, 1.807) is 12.1 Å². The van der Waals surface area contributed by atoms with Crippen molar-refractivity contribution in [2.24, 2.45) is 0 Å². The van der Waals surface area contributed by atoms with E-state index >= 15 is 0 Å². The van der Waals surface area contributed by atoms with Crippen molar-refractivity contribution in [3.63, 3.8) is 0 Å². The molecular formula is C26H22N2O3. The molecule has 0 saturated heterocycles. The number of fused-ring (bicyclic) bond motifs is 1. The van der Waals surface area contributed by atoms with E-state index in [1.807, 2.05) is 73.7 Å². The molecule has 5 nitrogen and oxygen atoms in total. The van der Waals surface area contributed by atoms with Crippen LogP contribution in [0, 0.1) is 17.0 Å². The van der Waals surface area contributed by atoms with Crippen molar-refractivity contribution in [3.05, 3.63) is 118 Å². The summed E-state index contributed by atoms with van der Waals surface area (Å²) in [4.78, 5) is 23.6. The maximum atomic E-state index is 13.1. The Bertz CT molecular complexity index is 1230. The molecule has 4 rings (SSSR count). The first-order chi connectivity index (χ1) is 15.0. The minimum Gasteiger partial charge on any atom is -0.378 e. The Labute approximate surface area is 180 Å². The molecule has 5 heteroatoms. The average Bonchev–Trinajstić information content (AvgIpc) is 2.79. The van der Waals surface area contributed by atoms with Crippen molar-refractivity contribution in [2.75, 3.05) is 5.32 Å². The zero-order valence-corrected chi connectivity index (χ0v) is 17.1. The summed E-state index contributed by atoms with van der Waals surface area (Å²) in [5.41, 5.74) is 3.55. The lowest BCUT2D eigenvalue weighted by molar-refractivity contribution is -0.384. The van der Waals surface area contributed by atoms with Crippen LogP contribution in [0.2, 0.25) is 0 Å². The highest BCUT2D eigenvalue weighted by Crippen LogP contribution is 2.27. The van der Waals surface area contributed by atoms with Gasteiger partial charge in [0.2, 0.25) is 0 Å². The second-order valence-electron chi connectivity index (χ2n) is 7.60. The number of anilines is 1. The highest BCUT2D eigenvalue weighted by Gasteiger charge is 2.18. The largest absolute Gasteiger partial charge is 0.378 e. The van der Waals surface area contributed by atoms with E-state index in [4.69, 9.17) is 0 Å². The summed E-state index contributed by atoms with van der Waals surface area (Å²) in [6.07, 6.45) is 0.262. The van der Waals surface area contributed by atoms with Crippen LogP contribution in [0.15, 0.2) is 91.0 Å². The maximum Gasteiger partial charge on any atom is 0.269 e. The van der Waals surface area contributed by atoms with Gasteiger partial charge in [0, 0.05) is 29.8 Å². The first-order valence-corrected chi connectivity index (χ1v) is 10.1. The molecule has 0 spiro atoms. The van der Waals surface area contributed by atoms with E-state index in [2.05, 4.69) is 5.32 Å². The standard InChI is InChI=1S/C26H22N2O3/c1-18-6-8-20(9-7-18)25(27-23-12-14-24(15-13-23)28(30)31)17-26(29)22-11-10-19-4-2-3-5-21(19)16-22/h2-16,25,27H,17H2,1H3. The number of rotatable bonds is 7. The van der Waals surface area contributed by atoms with E-state index < -0.39 is 4.92 Å². The normalized spacial score (nSPS) is 11.8. The summed E-state index contributed by atoms with van der Waals surface area (Å²) in [6, 6.07) is 27.7. The third-order valence-corrected chi connectivity index (χ3v) is 5.36. The maximum absolute atomic E-state index is 13.1. The lowest BCUT2D eigenvalue weighted by Crippen LogP contribution is -2.16. The molecule has 0 aromatic heterocycles. The third kappa shape index (κ3) is 4.78. The Kier molecular flexibility index (Phi) is 5.76. The van der Waals surface area contributed by atoms with Crippen LogP contribution in [0.4, 0.5) is 11.4 Å². The second kappa shape index (κ2) is 8.79. The Morgan fingerprint density at radius 2 is 1.58 bits per heavy atom. The minimum atomic E-state index is -0.426. The lowest BCUT2D eigenvalue weighted by atomic mass is 9.95. The van der Waals surface area contributed by atoms with Crippen LogP contribution in [-0.2, 0) is 0 Å². The van der Waals surface area contributed by atoms with Gasteiger partial charge in [0.15, 0.2) is 5.78 Å². The Morgan fingerprint density at radius 3 is 2.26 bits per heavy atom. The molecule has 1 unspecified atom stereocenters. The summed E-state index contributed by atoms with van der Waals surface area (Å²) in [6.45, 7) is 2.02. The van der Waals surface area contributed by atoms with E-state index in [-0.39, 0.29) is 23.9 Å². The first kappa shape index (κ1) is 20.3. The number of Topliss-reactive ketones (excluding diaryl/α,β-unsaturated/α-hetero) is 1. The quantitative estimate of drug-likeness (QED) is 0.215. The second-order valence-corrected chi connectivity index (χ2v) is 7.60. The van der Waals surface area contributed by atoms with Crippen molar-refractivity contribution >= 4 is 27.9 Å². The number of ketones is 1. The van der Waals surface area contributed by atoms with Crippen molar-refractivity contribution < 1.29 is 9.72 Å². The molecule has 4 aromatic carbocycles. The fraction of sp³-hybridized carbons (Fsp3) is 0.115. The molecule has 0 heterocycles. The van der Waals surface area contributed by atoms with Crippen LogP contribution in [0.25, 0.3) is 10.8 Å². The molecule has 0 amide bonds. The summed E-state index contributed by atoms with van der Waals surface area (Å²) in [7, 11) is 0. The number of carbonyl (C=O) groups is 1. The molecule has 0 radical (unpaired) electrons. The topological polar surface area (TPSA) is 72.2 Å². The third-order valence-electron chi connectivity index (χ3n) is 5.36. The van der Waals surface area contributed by atoms with Gasteiger partial charge in [-0.2, -0.15) is 0 Å². The Balaban J connectivity index is 1.60. The van der Waals surface area contributed by atoms with E-state index in [0.29, 0.717) is 5.56 Å². The number of hydrogen-bond acceptors (Lipinski definition) is 4. The number of hydrogen-bond donors (Lipinski definition) is 1. The fourth-order valence-electron chi connectivity index (χ4n) is 3.60. The molecular weight excluding hydrogens is 388 g/mol. The molecule has 0 bridgehead atoms. The molecule has 1 atom stereocenters. The summed E-state index contributed by atoms with van der Waals surface area (Å²) in [5.74, 6) is 0.0331. The van der Waals surface area contributed by atoms with Crippen molar-refractivity contribution in [3.8, 4) is 0 Å². The molecule has 1 N–H and O–H groups in total. The molecule has 0 fully saturated rings. The van der Waals surface area contributed by atoms with Crippen molar-refractivity contribution in [1.82, 2.24) is 0 Å². The van der Waals surface area contributed by atoms with Gasteiger partial charge in [0.1, 0.15) is 0 Å². The molecule has 154 valence electrons. The monoisotopic (exact) mass is 410 g/mol. The van der Waals surface area contributed by atoms with Gasteiger partial charge < -0.3 is 5.32 Å². The van der Waals surface area contributed by atoms with Crippen LogP contribution in [0.3, 0.4) is 0 Å². The van der Waals surface area contributed by atoms with Gasteiger partial charge in [0.05, 0.1) is 11.0 Å². The molecule has 4 aromatic rings. The highest BCUT2D eigenvalue weighted by molar-refractivity contribution is 6.00. The lowest BCUT2D eigenvalue weighted by Gasteiger charge is -2.20. The van der Waals surface area contributed by atoms with Crippen LogP contribution in [0.5, 0.6) is 0 Å². The van der Waals surface area contributed by atoms with Crippen LogP contribution in [-0.4, -0.2) is 10.7 Å². The number of benzene rings is 4. The molecule has 0 saturated carbocycles. The SMILES string of the molecule is Cc1ccc(C(CC(=O)c2ccc3ccccc3c2)Nc2ccc([N+](=O)[O-])cc2)cc1. The molecule has 0 aliphatic rings. The summed E-state index contributed by atoms with van der Waals surface area (Å²) < 4.78 is 0. The fourth-order valence-corrected chi connectivity index (χ4v) is 3.60. The Hall–Kier alpha value is -3.99. The zero-order chi connectivity index (χ0) is 21.8. The first-order valence-electron chi connectivity index (χ1n) is 10.1. The van der Waals surface area contributed by atoms with Gasteiger partial charge in [-0.05, 0) is 41.5 Å². The van der Waals surface area contributed by atoms with Crippen LogP contribution in [0.1, 0.15) is 33.9 Å². The van der Waals surface area contributed by atoms with E-state index in [0.717, 1.165) is 27.6 Å². The minimum absolute atomic E-state index is 0.0321. The number of nitrogens with one attached hydrogen (secondary N) is 1. The van der Waals surface area contributed by atoms with Crippen LogP contribution >= 0.6 is 0 Å². The zero-order valence-electron chi connectivity index (χ0n) is 17.1. The van der Waals surface area contributed by atoms with Crippen molar-refractivity contribution in [1.29, 1.82) is 0 Å². The number of nitrogens with zero attached hydrogens (tertiary/aromatic N) is 1. The van der Waals surface area contributed by atoms with E-state index in [1.165, 1.54) is 12.1 Å². The number of carbonyl (C=O) groups excluding carboxylic acids is 1. The predicted molar refractivity (Wildman–Crippen MR) is 124 cm³/mol. The summed E-state index contributed by atoms with van der Waals surface area (Å²) in [5, 5.41) is 16.4. The van der Waals surface area contributed by atoms with Gasteiger partial charge in [-0.3, -0.25) is 14.9 Å². The van der Waals surface area contributed by atoms with Gasteiger partial charge in [0.25, 0.3) is 5.69 Å². The molecule has 0 aliphatic carbocycles. The van der Waals surface area contributed by atoms with Gasteiger partial charge in [-0.25, -0.2) is 0 Å². The van der Waals surface area contributed by atoms with Crippen molar-refractivity contribution in [2.45, 2.75) is 19.4 Å². The van der Waals surface area contributed by atoms with Gasteiger partial charge >= 0.3 is 0 Å². The number of non-ortho nitro benzene ring substituents is 1. The number of nitro benzene ring substituents is 1.